The Kier molecular flexibility index (Phi) is 5.18. The molecule has 1 aromatic carbocycles. The van der Waals surface area contributed by atoms with Crippen molar-refractivity contribution in [3.63, 3.8) is 0 Å². The van der Waals surface area contributed by atoms with Crippen LogP contribution in [0.5, 0.6) is 17.2 Å². The normalized spacial score (nSPS) is 26.9. The number of methoxy groups -OCH3 is 3. The van der Waals surface area contributed by atoms with E-state index in [0.717, 1.165) is 44.8 Å². The average Bonchev–Trinajstić information content (AvgIpc) is 2.99. The van der Waals surface area contributed by atoms with Crippen LogP contribution in [-0.4, -0.2) is 64.2 Å². The maximum Gasteiger partial charge on any atom is 0.203 e. The molecule has 0 spiro atoms. The van der Waals surface area contributed by atoms with E-state index in [-0.39, 0.29) is 12.0 Å². The van der Waals surface area contributed by atoms with E-state index in [1.807, 2.05) is 12.1 Å². The van der Waals surface area contributed by atoms with Gasteiger partial charge in [0, 0.05) is 43.1 Å². The predicted molar refractivity (Wildman–Crippen MR) is 89.8 cm³/mol. The summed E-state index contributed by atoms with van der Waals surface area (Å²) in [7, 11) is 4.88. The number of hydrogen-bond acceptors (Lipinski definition) is 6. The minimum absolute atomic E-state index is 0.0258. The molecular formula is C18H27NO5. The Labute approximate surface area is 143 Å². The summed E-state index contributed by atoms with van der Waals surface area (Å²) in [5.74, 6) is 2.38. The van der Waals surface area contributed by atoms with Crippen LogP contribution in [-0.2, 0) is 11.3 Å². The van der Waals surface area contributed by atoms with Crippen LogP contribution in [0, 0.1) is 11.3 Å². The molecule has 6 heteroatoms. The van der Waals surface area contributed by atoms with Crippen molar-refractivity contribution in [1.29, 1.82) is 0 Å². The van der Waals surface area contributed by atoms with Crippen molar-refractivity contribution < 1.29 is 24.1 Å². The minimum Gasteiger partial charge on any atom is -0.493 e. The first kappa shape index (κ1) is 17.3. The second-order valence-corrected chi connectivity index (χ2v) is 6.71. The van der Waals surface area contributed by atoms with Gasteiger partial charge >= 0.3 is 0 Å². The van der Waals surface area contributed by atoms with Gasteiger partial charge in [-0.2, -0.15) is 0 Å². The maximum atomic E-state index is 9.94. The summed E-state index contributed by atoms with van der Waals surface area (Å²) < 4.78 is 22.0. The van der Waals surface area contributed by atoms with Gasteiger partial charge in [-0.05, 0) is 12.5 Å². The van der Waals surface area contributed by atoms with Crippen LogP contribution in [0.1, 0.15) is 12.0 Å². The van der Waals surface area contributed by atoms with Crippen molar-refractivity contribution in [1.82, 2.24) is 4.90 Å². The lowest BCUT2D eigenvalue weighted by atomic mass is 9.75. The third-order valence-electron chi connectivity index (χ3n) is 5.44. The number of hydrogen-bond donors (Lipinski definition) is 1. The molecule has 0 aliphatic carbocycles. The van der Waals surface area contributed by atoms with Gasteiger partial charge in [-0.25, -0.2) is 0 Å². The zero-order chi connectivity index (χ0) is 17.2. The van der Waals surface area contributed by atoms with Crippen molar-refractivity contribution in [2.45, 2.75) is 13.0 Å². The van der Waals surface area contributed by atoms with Gasteiger partial charge in [0.1, 0.15) is 0 Å². The largest absolute Gasteiger partial charge is 0.493 e. The third-order valence-corrected chi connectivity index (χ3v) is 5.44. The lowest BCUT2D eigenvalue weighted by Crippen LogP contribution is -2.41. The van der Waals surface area contributed by atoms with Crippen molar-refractivity contribution in [2.24, 2.45) is 11.3 Å². The summed E-state index contributed by atoms with van der Waals surface area (Å²) in [6.45, 7) is 4.26. The molecule has 24 heavy (non-hydrogen) atoms. The highest BCUT2D eigenvalue weighted by molar-refractivity contribution is 5.55. The maximum absolute atomic E-state index is 9.94. The number of benzene rings is 1. The molecule has 2 fully saturated rings. The smallest absolute Gasteiger partial charge is 0.203 e. The van der Waals surface area contributed by atoms with Crippen LogP contribution in [0.25, 0.3) is 0 Å². The van der Waals surface area contributed by atoms with Gasteiger partial charge in [0.15, 0.2) is 11.5 Å². The molecule has 1 N–H and O–H groups in total. The fourth-order valence-corrected chi connectivity index (χ4v) is 4.07. The molecule has 0 aromatic heterocycles. The van der Waals surface area contributed by atoms with E-state index in [4.69, 9.17) is 18.9 Å². The quantitative estimate of drug-likeness (QED) is 0.850. The standard InChI is InChI=1S/C18H27NO5/c1-21-15-5-4-13(16(22-2)17(15)23-3)8-19-9-14-10-24-7-6-18(14,11-19)12-20/h4-5,14,20H,6-12H2,1-3H3/t14-,18-/m1/s1. The molecule has 2 aliphatic heterocycles. The Hall–Kier alpha value is -1.50. The minimum atomic E-state index is -0.0258. The highest BCUT2D eigenvalue weighted by Gasteiger charge is 2.47. The highest BCUT2D eigenvalue weighted by Crippen LogP contribution is 2.44. The molecule has 2 saturated heterocycles. The molecular weight excluding hydrogens is 310 g/mol. The number of rotatable bonds is 6. The van der Waals surface area contributed by atoms with Gasteiger partial charge in [0.05, 0.1) is 34.5 Å². The fraction of sp³-hybridized carbons (Fsp3) is 0.667. The lowest BCUT2D eigenvalue weighted by molar-refractivity contribution is -0.0417. The monoisotopic (exact) mass is 337 g/mol. The zero-order valence-electron chi connectivity index (χ0n) is 14.7. The molecule has 0 radical (unpaired) electrons. The Morgan fingerprint density at radius 1 is 1.21 bits per heavy atom. The van der Waals surface area contributed by atoms with Crippen molar-refractivity contribution in [3.05, 3.63) is 17.7 Å². The van der Waals surface area contributed by atoms with Crippen LogP contribution in [0.4, 0.5) is 0 Å². The number of nitrogens with zero attached hydrogens (tertiary/aromatic N) is 1. The summed E-state index contributed by atoms with van der Waals surface area (Å²) in [5, 5.41) is 9.94. The van der Waals surface area contributed by atoms with E-state index in [1.165, 1.54) is 0 Å². The van der Waals surface area contributed by atoms with Crippen LogP contribution in [0.3, 0.4) is 0 Å². The molecule has 1 aromatic rings. The Morgan fingerprint density at radius 3 is 2.62 bits per heavy atom. The van der Waals surface area contributed by atoms with E-state index < -0.39 is 0 Å². The third kappa shape index (κ3) is 2.94. The molecule has 2 heterocycles. The van der Waals surface area contributed by atoms with Gasteiger partial charge in [-0.3, -0.25) is 4.90 Å². The van der Waals surface area contributed by atoms with E-state index in [0.29, 0.717) is 23.2 Å². The van der Waals surface area contributed by atoms with E-state index in [1.54, 1.807) is 21.3 Å². The topological polar surface area (TPSA) is 60.4 Å². The second-order valence-electron chi connectivity index (χ2n) is 6.71. The summed E-state index contributed by atoms with van der Waals surface area (Å²) >= 11 is 0. The zero-order valence-corrected chi connectivity index (χ0v) is 14.7. The number of aliphatic hydroxyl groups is 1. The Balaban J connectivity index is 1.82. The predicted octanol–water partition coefficient (Wildman–Crippen LogP) is 1.54. The molecule has 134 valence electrons. The Morgan fingerprint density at radius 2 is 2.00 bits per heavy atom. The van der Waals surface area contributed by atoms with Gasteiger partial charge < -0.3 is 24.1 Å². The van der Waals surface area contributed by atoms with Gasteiger partial charge in [-0.1, -0.05) is 6.07 Å². The molecule has 2 atom stereocenters. The van der Waals surface area contributed by atoms with E-state index >= 15 is 0 Å². The molecule has 6 nitrogen and oxygen atoms in total. The van der Waals surface area contributed by atoms with Crippen LogP contribution < -0.4 is 14.2 Å². The van der Waals surface area contributed by atoms with Gasteiger partial charge in [-0.15, -0.1) is 0 Å². The Bertz CT molecular complexity index is 579. The first-order valence-corrected chi connectivity index (χ1v) is 8.36. The first-order valence-electron chi connectivity index (χ1n) is 8.36. The molecule has 0 unspecified atom stereocenters. The first-order chi connectivity index (χ1) is 11.7. The van der Waals surface area contributed by atoms with E-state index in [2.05, 4.69) is 4.90 Å². The summed E-state index contributed by atoms with van der Waals surface area (Å²) in [5.41, 5.74) is 1.03. The SMILES string of the molecule is COc1ccc(CN2C[C@@H]3COCC[C@]3(CO)C2)c(OC)c1OC. The van der Waals surface area contributed by atoms with Crippen molar-refractivity contribution in [3.8, 4) is 17.2 Å². The lowest BCUT2D eigenvalue weighted by Gasteiger charge is -2.36. The molecule has 0 bridgehead atoms. The summed E-state index contributed by atoms with van der Waals surface area (Å²) in [4.78, 5) is 2.37. The molecule has 2 aliphatic rings. The number of ether oxygens (including phenoxy) is 4. The number of aliphatic hydroxyl groups excluding tert-OH is 1. The van der Waals surface area contributed by atoms with Crippen LogP contribution in [0.2, 0.25) is 0 Å². The summed E-state index contributed by atoms with van der Waals surface area (Å²) in [6, 6.07) is 3.93. The van der Waals surface area contributed by atoms with E-state index in [9.17, 15) is 5.11 Å². The van der Waals surface area contributed by atoms with Gasteiger partial charge in [0.25, 0.3) is 0 Å². The van der Waals surface area contributed by atoms with Crippen molar-refractivity contribution in [2.75, 3.05) is 54.2 Å². The number of fused-ring (bicyclic) bond motifs is 1. The number of likely N-dealkylation sites (tertiary alicyclic amines) is 1. The van der Waals surface area contributed by atoms with Crippen LogP contribution in [0.15, 0.2) is 12.1 Å². The second kappa shape index (κ2) is 7.17. The molecule has 0 amide bonds. The van der Waals surface area contributed by atoms with Crippen LogP contribution >= 0.6 is 0 Å². The highest BCUT2D eigenvalue weighted by atomic mass is 16.5. The fourth-order valence-electron chi connectivity index (χ4n) is 4.07. The summed E-state index contributed by atoms with van der Waals surface area (Å²) in [6.07, 6.45) is 0.924. The van der Waals surface area contributed by atoms with Crippen molar-refractivity contribution >= 4 is 0 Å². The molecule has 0 saturated carbocycles. The van der Waals surface area contributed by atoms with Gasteiger partial charge in [0.2, 0.25) is 5.75 Å². The average molecular weight is 337 g/mol. The molecule has 3 rings (SSSR count).